The number of benzene rings is 2. The van der Waals surface area contributed by atoms with Gasteiger partial charge in [-0.05, 0) is 45.2 Å². The van der Waals surface area contributed by atoms with Gasteiger partial charge in [-0.2, -0.15) is 0 Å². The average Bonchev–Trinajstić information content (AvgIpc) is 2.68. The molecule has 156 valence electrons. The van der Waals surface area contributed by atoms with Crippen molar-refractivity contribution in [2.24, 2.45) is 0 Å². The van der Waals surface area contributed by atoms with Crippen molar-refractivity contribution >= 4 is 27.0 Å². The molecule has 2 aromatic carbocycles. The highest BCUT2D eigenvalue weighted by Gasteiger charge is 2.22. The molecule has 3 rings (SSSR count). The molecule has 1 fully saturated rings. The zero-order valence-electron chi connectivity index (χ0n) is 16.3. The second-order valence-corrected chi connectivity index (χ2v) is 9.88. The summed E-state index contributed by atoms with van der Waals surface area (Å²) in [6.07, 6.45) is 1.61. The molecule has 8 heteroatoms. The number of nitrogens with zero attached hydrogens (tertiary/aromatic N) is 2. The minimum absolute atomic E-state index is 0.0790. The van der Waals surface area contributed by atoms with Gasteiger partial charge in [0.25, 0.3) is 5.91 Å². The van der Waals surface area contributed by atoms with Crippen molar-refractivity contribution < 1.29 is 22.5 Å². The van der Waals surface area contributed by atoms with Gasteiger partial charge in [0, 0.05) is 49.9 Å². The largest absolute Gasteiger partial charge is 0.484 e. The summed E-state index contributed by atoms with van der Waals surface area (Å²) in [5.74, 6) is 2.72. The van der Waals surface area contributed by atoms with Gasteiger partial charge in [-0.15, -0.1) is 0 Å². The average molecular weight is 422 g/mol. The van der Waals surface area contributed by atoms with Gasteiger partial charge < -0.3 is 14.5 Å². The van der Waals surface area contributed by atoms with E-state index in [0.29, 0.717) is 43.4 Å². The summed E-state index contributed by atoms with van der Waals surface area (Å²) in [5.41, 5.74) is 1.50. The fourth-order valence-corrected chi connectivity index (χ4v) is 4.06. The van der Waals surface area contributed by atoms with Crippen LogP contribution in [0, 0.1) is 11.6 Å². The molecule has 1 aliphatic heterocycles. The number of ether oxygens (including phenoxy) is 1. The third-order valence-corrected chi connectivity index (χ3v) is 5.60. The zero-order chi connectivity index (χ0) is 21.0. The molecule has 0 N–H and O–H groups in total. The highest BCUT2D eigenvalue weighted by molar-refractivity contribution is 7.98. The summed E-state index contributed by atoms with van der Waals surface area (Å²) >= 11 is 0. The molecule has 0 radical (unpaired) electrons. The Balaban J connectivity index is 1.48. The van der Waals surface area contributed by atoms with E-state index in [1.807, 2.05) is 17.0 Å². The van der Waals surface area contributed by atoms with E-state index in [4.69, 9.17) is 4.74 Å². The Hall–Kier alpha value is -2.61. The number of piperazine rings is 1. The van der Waals surface area contributed by atoms with Crippen molar-refractivity contribution in [1.82, 2.24) is 4.90 Å². The monoisotopic (exact) mass is 422 g/mol. The Morgan fingerprint density at radius 2 is 1.72 bits per heavy atom. The lowest BCUT2D eigenvalue weighted by Crippen LogP contribution is -2.50. The Morgan fingerprint density at radius 1 is 1.07 bits per heavy atom. The SMILES string of the molecule is C=S(C)(=O)Cc1ccc(OCC(=O)N2CCN(c3ccc(F)c(F)c3)CC2)cc1. The van der Waals surface area contributed by atoms with Crippen molar-refractivity contribution in [2.75, 3.05) is 43.9 Å². The number of carbonyl (C=O) groups excluding carboxylic acids is 1. The van der Waals surface area contributed by atoms with Gasteiger partial charge in [-0.3, -0.25) is 9.00 Å². The van der Waals surface area contributed by atoms with Crippen molar-refractivity contribution in [3.63, 3.8) is 0 Å². The van der Waals surface area contributed by atoms with Gasteiger partial charge in [-0.25, -0.2) is 8.78 Å². The molecule has 0 saturated carbocycles. The maximum absolute atomic E-state index is 13.4. The van der Waals surface area contributed by atoms with E-state index < -0.39 is 21.2 Å². The predicted octanol–water partition coefficient (Wildman–Crippen LogP) is 2.54. The third-order valence-electron chi connectivity index (χ3n) is 4.66. The minimum atomic E-state index is -2.10. The van der Waals surface area contributed by atoms with E-state index in [1.54, 1.807) is 23.3 Å². The molecule has 1 heterocycles. The molecule has 0 aromatic heterocycles. The van der Waals surface area contributed by atoms with Crippen LogP contribution in [0.5, 0.6) is 5.75 Å². The first-order chi connectivity index (χ1) is 13.7. The Bertz CT molecular complexity index is 970. The van der Waals surface area contributed by atoms with E-state index in [9.17, 15) is 17.8 Å². The van der Waals surface area contributed by atoms with Crippen LogP contribution in [0.3, 0.4) is 0 Å². The van der Waals surface area contributed by atoms with Gasteiger partial charge in [0.05, 0.1) is 0 Å². The smallest absolute Gasteiger partial charge is 0.260 e. The molecule has 0 bridgehead atoms. The molecule has 2 aromatic rings. The van der Waals surface area contributed by atoms with Crippen LogP contribution < -0.4 is 9.64 Å². The maximum Gasteiger partial charge on any atom is 0.260 e. The molecule has 1 unspecified atom stereocenters. The van der Waals surface area contributed by atoms with Crippen LogP contribution in [0.2, 0.25) is 0 Å². The number of halogens is 2. The van der Waals surface area contributed by atoms with Crippen LogP contribution in [0.15, 0.2) is 42.5 Å². The van der Waals surface area contributed by atoms with Gasteiger partial charge >= 0.3 is 0 Å². The van der Waals surface area contributed by atoms with Crippen molar-refractivity contribution in [2.45, 2.75) is 5.75 Å². The molecule has 1 saturated heterocycles. The number of rotatable bonds is 6. The van der Waals surface area contributed by atoms with Gasteiger partial charge in [0.1, 0.15) is 5.75 Å². The maximum atomic E-state index is 13.4. The van der Waals surface area contributed by atoms with Gasteiger partial charge in [0.15, 0.2) is 18.2 Å². The van der Waals surface area contributed by atoms with Crippen LogP contribution in [-0.4, -0.2) is 59.9 Å². The molecule has 0 aliphatic carbocycles. The highest BCUT2D eigenvalue weighted by atomic mass is 32.2. The van der Waals surface area contributed by atoms with Crippen molar-refractivity contribution in [1.29, 1.82) is 0 Å². The zero-order valence-corrected chi connectivity index (χ0v) is 17.1. The van der Waals surface area contributed by atoms with E-state index in [0.717, 1.165) is 11.6 Å². The molecular weight excluding hydrogens is 398 g/mol. The second-order valence-electron chi connectivity index (χ2n) is 7.23. The summed E-state index contributed by atoms with van der Waals surface area (Å²) in [6, 6.07) is 10.9. The van der Waals surface area contributed by atoms with Crippen LogP contribution in [-0.2, 0) is 20.1 Å². The Labute approximate surface area is 169 Å². The molecule has 29 heavy (non-hydrogen) atoms. The molecule has 0 spiro atoms. The third kappa shape index (κ3) is 5.93. The Kier molecular flexibility index (Phi) is 6.42. The molecule has 1 atom stereocenters. The van der Waals surface area contributed by atoms with Crippen LogP contribution in [0.25, 0.3) is 0 Å². The number of carbonyl (C=O) groups is 1. The fraction of sp³-hybridized carbons (Fsp3) is 0.333. The van der Waals surface area contributed by atoms with Gasteiger partial charge in [-0.1, -0.05) is 12.1 Å². The topological polar surface area (TPSA) is 49.9 Å². The summed E-state index contributed by atoms with van der Waals surface area (Å²) in [6.45, 7) is 1.95. The Morgan fingerprint density at radius 3 is 2.31 bits per heavy atom. The minimum Gasteiger partial charge on any atom is -0.484 e. The first-order valence-corrected chi connectivity index (χ1v) is 11.5. The summed E-state index contributed by atoms with van der Waals surface area (Å²) < 4.78 is 43.8. The van der Waals surface area contributed by atoms with E-state index in [2.05, 4.69) is 5.87 Å². The number of anilines is 1. The summed E-state index contributed by atoms with van der Waals surface area (Å²) in [4.78, 5) is 16.0. The second kappa shape index (κ2) is 8.82. The van der Waals surface area contributed by atoms with E-state index in [-0.39, 0.29) is 12.5 Å². The predicted molar refractivity (Wildman–Crippen MR) is 112 cm³/mol. The first-order valence-electron chi connectivity index (χ1n) is 9.21. The van der Waals surface area contributed by atoms with Crippen molar-refractivity contribution in [3.8, 4) is 5.75 Å². The van der Waals surface area contributed by atoms with Crippen LogP contribution >= 0.6 is 0 Å². The molecule has 1 amide bonds. The summed E-state index contributed by atoms with van der Waals surface area (Å²) in [5, 5.41) is 0. The lowest BCUT2D eigenvalue weighted by molar-refractivity contribution is -0.133. The highest BCUT2D eigenvalue weighted by Crippen LogP contribution is 2.20. The number of hydrogen-bond acceptors (Lipinski definition) is 4. The summed E-state index contributed by atoms with van der Waals surface area (Å²) in [7, 11) is -2.10. The lowest BCUT2D eigenvalue weighted by Gasteiger charge is -2.36. The van der Waals surface area contributed by atoms with Crippen LogP contribution in [0.4, 0.5) is 14.5 Å². The first kappa shape index (κ1) is 21.1. The standard InChI is InChI=1S/C21H24F2N2O3S/c1-29(2,27)15-16-3-6-18(7-4-16)28-14-21(26)25-11-9-24(10-12-25)17-5-8-19(22)20(23)13-17/h3-8,13H,1,9-12,14-15H2,2H3. The quantitative estimate of drug-likeness (QED) is 0.672. The number of hydrogen-bond donors (Lipinski definition) is 0. The van der Waals surface area contributed by atoms with Crippen molar-refractivity contribution in [3.05, 3.63) is 59.7 Å². The fourth-order valence-electron chi connectivity index (χ4n) is 3.17. The van der Waals surface area contributed by atoms with Crippen LogP contribution in [0.1, 0.15) is 5.56 Å². The molecular formula is C21H24F2N2O3S. The normalized spacial score (nSPS) is 16.4. The van der Waals surface area contributed by atoms with E-state index in [1.165, 1.54) is 12.1 Å². The van der Waals surface area contributed by atoms with E-state index >= 15 is 0 Å². The molecule has 5 nitrogen and oxygen atoms in total. The number of amides is 1. The lowest BCUT2D eigenvalue weighted by atomic mass is 10.2. The molecule has 1 aliphatic rings. The van der Waals surface area contributed by atoms with Gasteiger partial charge in [0.2, 0.25) is 0 Å².